The van der Waals surface area contributed by atoms with Crippen LogP contribution in [0.2, 0.25) is 0 Å². The number of carbonyl (C=O) groups is 1. The minimum atomic E-state index is -0.131. The lowest BCUT2D eigenvalue weighted by Gasteiger charge is -2.10. The Labute approximate surface area is 128 Å². The first-order chi connectivity index (χ1) is 10.2. The van der Waals surface area contributed by atoms with Crippen molar-refractivity contribution in [2.75, 3.05) is 0 Å². The van der Waals surface area contributed by atoms with E-state index in [1.165, 1.54) is 11.8 Å². The van der Waals surface area contributed by atoms with Gasteiger partial charge in [0.25, 0.3) is 0 Å². The first kappa shape index (κ1) is 15.4. The van der Waals surface area contributed by atoms with Crippen LogP contribution < -0.4 is 0 Å². The second-order valence-electron chi connectivity index (χ2n) is 4.52. The van der Waals surface area contributed by atoms with Gasteiger partial charge in [0.2, 0.25) is 0 Å². The van der Waals surface area contributed by atoms with Gasteiger partial charge in [-0.05, 0) is 19.1 Å². The largest absolute Gasteiger partial charge is 0.298 e. The molecule has 0 saturated carbocycles. The molecule has 0 fully saturated rings. The molecule has 110 valence electrons. The number of allylic oxidation sites excluding steroid dienone is 1. The number of aromatic nitrogens is 4. The van der Waals surface area contributed by atoms with Crippen molar-refractivity contribution in [3.8, 4) is 11.4 Å². The summed E-state index contributed by atoms with van der Waals surface area (Å²) in [5, 5.41) is 9.07. The van der Waals surface area contributed by atoms with Gasteiger partial charge < -0.3 is 0 Å². The van der Waals surface area contributed by atoms with E-state index in [0.717, 1.165) is 16.5 Å². The summed E-state index contributed by atoms with van der Waals surface area (Å²) in [6.07, 6.45) is 5.77. The highest BCUT2D eigenvalue weighted by Gasteiger charge is 2.19. The van der Waals surface area contributed by atoms with Crippen molar-refractivity contribution < 1.29 is 4.79 Å². The quantitative estimate of drug-likeness (QED) is 0.581. The standard InChI is InChI=1S/C15H18N4OS/c1-4-10-19-14(12-6-8-16-9-7-12)17-18-15(19)21-11(3)13(20)5-2/h4,6-9,11H,1,5,10H2,2-3H3. The number of nitrogens with zero attached hydrogens (tertiary/aromatic N) is 4. The molecule has 5 nitrogen and oxygen atoms in total. The molecule has 0 spiro atoms. The lowest BCUT2D eigenvalue weighted by atomic mass is 10.2. The molecular formula is C15H18N4OS. The van der Waals surface area contributed by atoms with Crippen LogP contribution >= 0.6 is 11.8 Å². The van der Waals surface area contributed by atoms with E-state index in [2.05, 4.69) is 21.8 Å². The second kappa shape index (κ2) is 7.17. The van der Waals surface area contributed by atoms with Crippen LogP contribution in [-0.4, -0.2) is 30.8 Å². The maximum absolute atomic E-state index is 11.8. The Balaban J connectivity index is 2.33. The highest BCUT2D eigenvalue weighted by molar-refractivity contribution is 8.00. The van der Waals surface area contributed by atoms with Crippen LogP contribution in [0.15, 0.2) is 42.3 Å². The monoisotopic (exact) mass is 302 g/mol. The molecule has 0 aliphatic rings. The summed E-state index contributed by atoms with van der Waals surface area (Å²) in [6, 6.07) is 3.78. The van der Waals surface area contributed by atoms with Gasteiger partial charge in [-0.25, -0.2) is 0 Å². The Hall–Kier alpha value is -1.95. The van der Waals surface area contributed by atoms with Crippen LogP contribution in [0.1, 0.15) is 20.3 Å². The van der Waals surface area contributed by atoms with Crippen molar-refractivity contribution >= 4 is 17.5 Å². The van der Waals surface area contributed by atoms with Crippen LogP contribution in [0.5, 0.6) is 0 Å². The molecular weight excluding hydrogens is 284 g/mol. The Morgan fingerprint density at radius 3 is 2.76 bits per heavy atom. The lowest BCUT2D eigenvalue weighted by molar-refractivity contribution is -0.118. The predicted octanol–water partition coefficient (Wildman–Crippen LogP) is 2.99. The molecule has 2 heterocycles. The van der Waals surface area contributed by atoms with Gasteiger partial charge in [0.05, 0.1) is 5.25 Å². The molecule has 2 rings (SSSR count). The van der Waals surface area contributed by atoms with Gasteiger partial charge in [0, 0.05) is 30.9 Å². The molecule has 0 aliphatic carbocycles. The molecule has 0 aliphatic heterocycles. The van der Waals surface area contributed by atoms with Crippen molar-refractivity contribution in [3.05, 3.63) is 37.2 Å². The zero-order valence-corrected chi connectivity index (χ0v) is 13.0. The van der Waals surface area contributed by atoms with Crippen LogP contribution in [0.4, 0.5) is 0 Å². The number of hydrogen-bond donors (Lipinski definition) is 0. The van der Waals surface area contributed by atoms with E-state index >= 15 is 0 Å². The van der Waals surface area contributed by atoms with Gasteiger partial charge in [-0.1, -0.05) is 24.8 Å². The average Bonchev–Trinajstić information content (AvgIpc) is 2.90. The molecule has 0 amide bonds. The molecule has 2 aromatic heterocycles. The number of carbonyl (C=O) groups excluding carboxylic acids is 1. The molecule has 21 heavy (non-hydrogen) atoms. The summed E-state index contributed by atoms with van der Waals surface area (Å²) in [6.45, 7) is 8.14. The third-order valence-electron chi connectivity index (χ3n) is 3.05. The summed E-state index contributed by atoms with van der Waals surface area (Å²) < 4.78 is 1.96. The van der Waals surface area contributed by atoms with E-state index in [9.17, 15) is 4.79 Å². The second-order valence-corrected chi connectivity index (χ2v) is 5.83. The van der Waals surface area contributed by atoms with E-state index in [0.29, 0.717) is 13.0 Å². The van der Waals surface area contributed by atoms with E-state index in [1.807, 2.05) is 30.5 Å². The number of hydrogen-bond acceptors (Lipinski definition) is 5. The van der Waals surface area contributed by atoms with Crippen LogP contribution in [0.25, 0.3) is 11.4 Å². The van der Waals surface area contributed by atoms with Crippen LogP contribution in [0, 0.1) is 0 Å². The van der Waals surface area contributed by atoms with E-state index in [-0.39, 0.29) is 11.0 Å². The van der Waals surface area contributed by atoms with E-state index in [4.69, 9.17) is 0 Å². The molecule has 2 aromatic rings. The molecule has 6 heteroatoms. The zero-order chi connectivity index (χ0) is 15.2. The van der Waals surface area contributed by atoms with Crippen molar-refractivity contribution in [1.82, 2.24) is 19.7 Å². The van der Waals surface area contributed by atoms with E-state index < -0.39 is 0 Å². The minimum Gasteiger partial charge on any atom is -0.298 e. The molecule has 1 atom stereocenters. The minimum absolute atomic E-state index is 0.131. The summed E-state index contributed by atoms with van der Waals surface area (Å²) >= 11 is 1.43. The van der Waals surface area contributed by atoms with Crippen LogP contribution in [0.3, 0.4) is 0 Å². The van der Waals surface area contributed by atoms with Crippen molar-refractivity contribution in [2.45, 2.75) is 37.2 Å². The van der Waals surface area contributed by atoms with Gasteiger partial charge in [0.15, 0.2) is 11.0 Å². The van der Waals surface area contributed by atoms with Crippen molar-refractivity contribution in [2.24, 2.45) is 0 Å². The highest BCUT2D eigenvalue weighted by atomic mass is 32.2. The Morgan fingerprint density at radius 1 is 1.43 bits per heavy atom. The van der Waals surface area contributed by atoms with Crippen LogP contribution in [-0.2, 0) is 11.3 Å². The topological polar surface area (TPSA) is 60.7 Å². The molecule has 0 N–H and O–H groups in total. The number of ketones is 1. The maximum Gasteiger partial charge on any atom is 0.192 e. The van der Waals surface area contributed by atoms with Gasteiger partial charge in [-0.15, -0.1) is 16.8 Å². The highest BCUT2D eigenvalue weighted by Crippen LogP contribution is 2.27. The van der Waals surface area contributed by atoms with Gasteiger partial charge >= 0.3 is 0 Å². The first-order valence-corrected chi connectivity index (χ1v) is 7.69. The SMILES string of the molecule is C=CCn1c(SC(C)C(=O)CC)nnc1-c1ccncc1. The maximum atomic E-state index is 11.8. The Bertz CT molecular complexity index is 624. The number of rotatable bonds is 7. The summed E-state index contributed by atoms with van der Waals surface area (Å²) in [5.41, 5.74) is 0.945. The Morgan fingerprint density at radius 2 is 2.14 bits per heavy atom. The molecule has 0 aromatic carbocycles. The van der Waals surface area contributed by atoms with E-state index in [1.54, 1.807) is 18.5 Å². The summed E-state index contributed by atoms with van der Waals surface area (Å²) in [7, 11) is 0. The Kier molecular flexibility index (Phi) is 5.27. The summed E-state index contributed by atoms with van der Waals surface area (Å²) in [5.74, 6) is 0.967. The fourth-order valence-corrected chi connectivity index (χ4v) is 2.89. The number of pyridine rings is 1. The molecule has 0 bridgehead atoms. The summed E-state index contributed by atoms with van der Waals surface area (Å²) in [4.78, 5) is 15.8. The number of Topliss-reactive ketones (excluding diaryl/α,β-unsaturated/α-hetero) is 1. The normalized spacial score (nSPS) is 12.1. The zero-order valence-electron chi connectivity index (χ0n) is 12.2. The number of thioether (sulfide) groups is 1. The third kappa shape index (κ3) is 3.58. The lowest BCUT2D eigenvalue weighted by Crippen LogP contribution is -2.13. The van der Waals surface area contributed by atoms with Crippen molar-refractivity contribution in [3.63, 3.8) is 0 Å². The fraction of sp³-hybridized carbons (Fsp3) is 0.333. The van der Waals surface area contributed by atoms with Gasteiger partial charge in [-0.2, -0.15) is 0 Å². The van der Waals surface area contributed by atoms with Crippen molar-refractivity contribution in [1.29, 1.82) is 0 Å². The third-order valence-corrected chi connectivity index (χ3v) is 4.18. The molecule has 1 unspecified atom stereocenters. The predicted molar refractivity (Wildman–Crippen MR) is 84.1 cm³/mol. The van der Waals surface area contributed by atoms with Gasteiger partial charge in [-0.3, -0.25) is 14.3 Å². The smallest absolute Gasteiger partial charge is 0.192 e. The van der Waals surface area contributed by atoms with Gasteiger partial charge in [0.1, 0.15) is 5.78 Å². The fourth-order valence-electron chi connectivity index (χ4n) is 1.90. The molecule has 0 radical (unpaired) electrons. The molecule has 0 saturated heterocycles. The first-order valence-electron chi connectivity index (χ1n) is 6.81. The average molecular weight is 302 g/mol.